The molecule has 5 nitrogen and oxygen atoms in total. The molecule has 1 aromatic carbocycles. The molecule has 0 bridgehead atoms. The SMILES string of the molecule is CC(CNC(=O)C1CCN(Cc2ccccc2)CC1)N1CCOCC1. The third-order valence-corrected chi connectivity index (χ3v) is 5.45. The first-order valence-corrected chi connectivity index (χ1v) is 9.58. The molecule has 0 aliphatic carbocycles. The number of nitrogens with one attached hydrogen (secondary N) is 1. The van der Waals surface area contributed by atoms with Gasteiger partial charge in [0.15, 0.2) is 0 Å². The normalized spacial score (nSPS) is 21.8. The molecule has 1 atom stereocenters. The maximum Gasteiger partial charge on any atom is 0.223 e. The Labute approximate surface area is 151 Å². The van der Waals surface area contributed by atoms with Crippen LogP contribution in [0.3, 0.4) is 0 Å². The molecule has 1 aromatic rings. The molecule has 1 N–H and O–H groups in total. The van der Waals surface area contributed by atoms with Gasteiger partial charge in [0.1, 0.15) is 0 Å². The summed E-state index contributed by atoms with van der Waals surface area (Å²) in [5.41, 5.74) is 1.35. The summed E-state index contributed by atoms with van der Waals surface area (Å²) in [5.74, 6) is 0.406. The molecule has 2 aliphatic rings. The van der Waals surface area contributed by atoms with Crippen molar-refractivity contribution in [3.8, 4) is 0 Å². The molecule has 5 heteroatoms. The van der Waals surface area contributed by atoms with Gasteiger partial charge in [0.25, 0.3) is 0 Å². The molecule has 1 amide bonds. The lowest BCUT2D eigenvalue weighted by Gasteiger charge is -2.34. The molecular weight excluding hydrogens is 314 g/mol. The van der Waals surface area contributed by atoms with Gasteiger partial charge in [-0.15, -0.1) is 0 Å². The van der Waals surface area contributed by atoms with Crippen molar-refractivity contribution in [1.29, 1.82) is 0 Å². The van der Waals surface area contributed by atoms with Crippen LogP contribution in [0.2, 0.25) is 0 Å². The molecule has 1 unspecified atom stereocenters. The van der Waals surface area contributed by atoms with Gasteiger partial charge in [-0.2, -0.15) is 0 Å². The topological polar surface area (TPSA) is 44.8 Å². The summed E-state index contributed by atoms with van der Waals surface area (Å²) in [6.45, 7) is 9.47. The van der Waals surface area contributed by atoms with Crippen molar-refractivity contribution >= 4 is 5.91 Å². The van der Waals surface area contributed by atoms with Gasteiger partial charge in [-0.05, 0) is 38.4 Å². The van der Waals surface area contributed by atoms with E-state index in [0.29, 0.717) is 6.04 Å². The van der Waals surface area contributed by atoms with Gasteiger partial charge in [-0.3, -0.25) is 14.6 Å². The monoisotopic (exact) mass is 345 g/mol. The maximum atomic E-state index is 12.5. The van der Waals surface area contributed by atoms with Crippen LogP contribution in [0, 0.1) is 5.92 Å². The Morgan fingerprint density at radius 3 is 2.52 bits per heavy atom. The van der Waals surface area contributed by atoms with Crippen LogP contribution in [-0.4, -0.2) is 67.7 Å². The number of nitrogens with zero attached hydrogens (tertiary/aromatic N) is 2. The fourth-order valence-corrected chi connectivity index (χ4v) is 3.73. The summed E-state index contributed by atoms with van der Waals surface area (Å²) in [4.78, 5) is 17.3. The largest absolute Gasteiger partial charge is 0.379 e. The number of hydrogen-bond donors (Lipinski definition) is 1. The predicted molar refractivity (Wildman–Crippen MR) is 99.3 cm³/mol. The van der Waals surface area contributed by atoms with E-state index < -0.39 is 0 Å². The first kappa shape index (κ1) is 18.4. The van der Waals surface area contributed by atoms with Gasteiger partial charge >= 0.3 is 0 Å². The van der Waals surface area contributed by atoms with Gasteiger partial charge in [0.05, 0.1) is 13.2 Å². The third-order valence-electron chi connectivity index (χ3n) is 5.45. The number of carbonyl (C=O) groups is 1. The second-order valence-corrected chi connectivity index (χ2v) is 7.28. The summed E-state index contributed by atoms with van der Waals surface area (Å²) >= 11 is 0. The van der Waals surface area contributed by atoms with Gasteiger partial charge < -0.3 is 10.1 Å². The van der Waals surface area contributed by atoms with Crippen molar-refractivity contribution < 1.29 is 9.53 Å². The van der Waals surface area contributed by atoms with Crippen LogP contribution in [0.1, 0.15) is 25.3 Å². The van der Waals surface area contributed by atoms with Crippen LogP contribution in [0.15, 0.2) is 30.3 Å². The van der Waals surface area contributed by atoms with E-state index in [9.17, 15) is 4.79 Å². The Morgan fingerprint density at radius 1 is 1.16 bits per heavy atom. The second kappa shape index (κ2) is 9.32. The molecule has 2 saturated heterocycles. The average Bonchev–Trinajstić information content (AvgIpc) is 2.68. The highest BCUT2D eigenvalue weighted by molar-refractivity contribution is 5.78. The van der Waals surface area contributed by atoms with E-state index in [0.717, 1.165) is 65.3 Å². The first-order chi connectivity index (χ1) is 12.2. The predicted octanol–water partition coefficient (Wildman–Crippen LogP) is 1.74. The van der Waals surface area contributed by atoms with E-state index in [2.05, 4.69) is 52.4 Å². The third kappa shape index (κ3) is 5.53. The number of likely N-dealkylation sites (tertiary alicyclic amines) is 1. The zero-order chi connectivity index (χ0) is 17.5. The van der Waals surface area contributed by atoms with Crippen LogP contribution >= 0.6 is 0 Å². The standard InChI is InChI=1S/C20H31N3O2/c1-17(23-11-13-25-14-12-23)15-21-20(24)19-7-9-22(10-8-19)16-18-5-3-2-4-6-18/h2-6,17,19H,7-16H2,1H3,(H,21,24). The number of piperidine rings is 1. The smallest absolute Gasteiger partial charge is 0.223 e. The van der Waals surface area contributed by atoms with E-state index >= 15 is 0 Å². The highest BCUT2D eigenvalue weighted by Crippen LogP contribution is 2.19. The molecule has 25 heavy (non-hydrogen) atoms. The van der Waals surface area contributed by atoms with E-state index in [4.69, 9.17) is 4.74 Å². The van der Waals surface area contributed by atoms with Crippen LogP contribution in [0.5, 0.6) is 0 Å². The van der Waals surface area contributed by atoms with Crippen LogP contribution in [0.4, 0.5) is 0 Å². The summed E-state index contributed by atoms with van der Waals surface area (Å²) in [7, 11) is 0. The highest BCUT2D eigenvalue weighted by atomic mass is 16.5. The van der Waals surface area contributed by atoms with Gasteiger partial charge in [0, 0.05) is 38.1 Å². The van der Waals surface area contributed by atoms with E-state index in [1.807, 2.05) is 0 Å². The van der Waals surface area contributed by atoms with Crippen LogP contribution < -0.4 is 5.32 Å². The molecule has 0 saturated carbocycles. The zero-order valence-corrected chi connectivity index (χ0v) is 15.3. The minimum absolute atomic E-state index is 0.170. The van der Waals surface area contributed by atoms with Gasteiger partial charge in [0.2, 0.25) is 5.91 Å². The van der Waals surface area contributed by atoms with Crippen molar-refractivity contribution in [2.24, 2.45) is 5.92 Å². The summed E-state index contributed by atoms with van der Waals surface area (Å²) < 4.78 is 5.39. The average molecular weight is 345 g/mol. The number of hydrogen-bond acceptors (Lipinski definition) is 4. The van der Waals surface area contributed by atoms with E-state index in [1.165, 1.54) is 5.56 Å². The molecular formula is C20H31N3O2. The fraction of sp³-hybridized carbons (Fsp3) is 0.650. The minimum atomic E-state index is 0.170. The minimum Gasteiger partial charge on any atom is -0.379 e. The fourth-order valence-electron chi connectivity index (χ4n) is 3.73. The van der Waals surface area contributed by atoms with Gasteiger partial charge in [-0.1, -0.05) is 30.3 Å². The van der Waals surface area contributed by atoms with Crippen molar-refractivity contribution in [3.05, 3.63) is 35.9 Å². The number of benzene rings is 1. The quantitative estimate of drug-likeness (QED) is 0.853. The van der Waals surface area contributed by atoms with Gasteiger partial charge in [-0.25, -0.2) is 0 Å². The second-order valence-electron chi connectivity index (χ2n) is 7.28. The summed E-state index contributed by atoms with van der Waals surface area (Å²) in [6, 6.07) is 11.0. The maximum absolute atomic E-state index is 12.5. The van der Waals surface area contributed by atoms with Crippen LogP contribution in [0.25, 0.3) is 0 Å². The molecule has 0 spiro atoms. The number of ether oxygens (including phenoxy) is 1. The summed E-state index contributed by atoms with van der Waals surface area (Å²) in [6.07, 6.45) is 1.93. The molecule has 138 valence electrons. The number of rotatable bonds is 6. The molecule has 2 heterocycles. The van der Waals surface area contributed by atoms with Crippen molar-refractivity contribution in [1.82, 2.24) is 15.1 Å². The lowest BCUT2D eigenvalue weighted by atomic mass is 9.95. The Hall–Kier alpha value is -1.43. The zero-order valence-electron chi connectivity index (χ0n) is 15.3. The highest BCUT2D eigenvalue weighted by Gasteiger charge is 2.25. The summed E-state index contributed by atoms with van der Waals surface area (Å²) in [5, 5.41) is 3.17. The van der Waals surface area contributed by atoms with E-state index in [1.54, 1.807) is 0 Å². The Morgan fingerprint density at radius 2 is 1.84 bits per heavy atom. The molecule has 2 fully saturated rings. The molecule has 0 radical (unpaired) electrons. The van der Waals surface area contributed by atoms with Crippen molar-refractivity contribution in [2.75, 3.05) is 45.9 Å². The Bertz CT molecular complexity index is 523. The Kier molecular flexibility index (Phi) is 6.84. The Balaban J connectivity index is 1.36. The number of carbonyl (C=O) groups excluding carboxylic acids is 1. The van der Waals surface area contributed by atoms with Crippen molar-refractivity contribution in [3.63, 3.8) is 0 Å². The van der Waals surface area contributed by atoms with E-state index in [-0.39, 0.29) is 11.8 Å². The lowest BCUT2D eigenvalue weighted by molar-refractivity contribution is -0.126. The number of amides is 1. The lowest BCUT2D eigenvalue weighted by Crippen LogP contribution is -2.48. The number of morpholine rings is 1. The van der Waals surface area contributed by atoms with Crippen LogP contribution in [-0.2, 0) is 16.1 Å². The first-order valence-electron chi connectivity index (χ1n) is 9.58. The molecule has 0 aromatic heterocycles. The molecule has 2 aliphatic heterocycles. The molecule has 3 rings (SSSR count). The van der Waals surface area contributed by atoms with Crippen molar-refractivity contribution in [2.45, 2.75) is 32.4 Å².